The average molecular weight is 244 g/mol. The monoisotopic (exact) mass is 244 g/mol. The molecule has 1 heterocycles. The van der Waals surface area contributed by atoms with Crippen molar-refractivity contribution in [3.8, 4) is 11.3 Å². The molecule has 0 aliphatic rings. The van der Waals surface area contributed by atoms with Gasteiger partial charge in [0.2, 0.25) is 0 Å². The Bertz CT molecular complexity index is 573. The maximum absolute atomic E-state index is 10.6. The minimum atomic E-state index is -0.791. The molecule has 94 valence electrons. The van der Waals surface area contributed by atoms with Crippen LogP contribution in [-0.4, -0.2) is 21.3 Å². The fourth-order valence-corrected chi connectivity index (χ4v) is 1.98. The number of aromatic nitrogens is 2. The van der Waals surface area contributed by atoms with Crippen molar-refractivity contribution in [2.75, 3.05) is 0 Å². The van der Waals surface area contributed by atoms with E-state index in [-0.39, 0.29) is 6.42 Å². The lowest BCUT2D eigenvalue weighted by molar-refractivity contribution is -0.136. The second kappa shape index (κ2) is 5.04. The molecule has 1 aromatic carbocycles. The Balaban J connectivity index is 2.28. The van der Waals surface area contributed by atoms with Crippen molar-refractivity contribution in [1.29, 1.82) is 0 Å². The van der Waals surface area contributed by atoms with Gasteiger partial charge in [0.15, 0.2) is 0 Å². The van der Waals surface area contributed by atoms with Crippen molar-refractivity contribution in [1.82, 2.24) is 10.2 Å². The van der Waals surface area contributed by atoms with Gasteiger partial charge >= 0.3 is 5.97 Å². The van der Waals surface area contributed by atoms with Gasteiger partial charge in [-0.2, -0.15) is 5.10 Å². The summed E-state index contributed by atoms with van der Waals surface area (Å²) in [6, 6.07) is 8.12. The quantitative estimate of drug-likeness (QED) is 0.869. The van der Waals surface area contributed by atoms with Gasteiger partial charge in [-0.05, 0) is 31.9 Å². The highest BCUT2D eigenvalue weighted by atomic mass is 16.4. The zero-order chi connectivity index (χ0) is 13.1. The molecule has 0 aliphatic heterocycles. The number of nitrogens with one attached hydrogen (secondary N) is 1. The molecule has 4 nitrogen and oxygen atoms in total. The van der Waals surface area contributed by atoms with E-state index in [4.69, 9.17) is 5.11 Å². The first-order valence-corrected chi connectivity index (χ1v) is 5.90. The zero-order valence-corrected chi connectivity index (χ0v) is 10.5. The molecule has 0 saturated carbocycles. The molecule has 0 radical (unpaired) electrons. The van der Waals surface area contributed by atoms with Crippen LogP contribution in [0.25, 0.3) is 11.3 Å². The second-order valence-corrected chi connectivity index (χ2v) is 4.44. The summed E-state index contributed by atoms with van der Waals surface area (Å²) in [6.07, 6.45) is 0.607. The predicted octanol–water partition coefficient (Wildman–Crippen LogP) is 2.71. The Hall–Kier alpha value is -2.10. The van der Waals surface area contributed by atoms with E-state index in [0.717, 1.165) is 22.5 Å². The molecule has 0 atom stereocenters. The van der Waals surface area contributed by atoms with Gasteiger partial charge in [0.25, 0.3) is 0 Å². The Morgan fingerprint density at radius 1 is 1.39 bits per heavy atom. The lowest BCUT2D eigenvalue weighted by Gasteiger charge is -2.01. The minimum absolute atomic E-state index is 0.121. The number of carboxylic acids is 1. The van der Waals surface area contributed by atoms with Crippen LogP contribution in [0.1, 0.15) is 23.2 Å². The lowest BCUT2D eigenvalue weighted by atomic mass is 10.0. The number of benzene rings is 1. The van der Waals surface area contributed by atoms with E-state index in [1.807, 2.05) is 32.0 Å². The van der Waals surface area contributed by atoms with Crippen LogP contribution in [0, 0.1) is 13.8 Å². The lowest BCUT2D eigenvalue weighted by Crippen LogP contribution is -1.98. The summed E-state index contributed by atoms with van der Waals surface area (Å²) in [6.45, 7) is 4.01. The first-order valence-electron chi connectivity index (χ1n) is 5.90. The van der Waals surface area contributed by atoms with Gasteiger partial charge in [0.1, 0.15) is 0 Å². The average Bonchev–Trinajstić information content (AvgIpc) is 2.68. The number of hydrogen-bond acceptors (Lipinski definition) is 2. The van der Waals surface area contributed by atoms with Crippen molar-refractivity contribution in [3.63, 3.8) is 0 Å². The summed E-state index contributed by atoms with van der Waals surface area (Å²) in [5.74, 6) is -0.791. The van der Waals surface area contributed by atoms with E-state index in [9.17, 15) is 4.79 Å². The standard InChI is InChI=1S/C14H16N2O2/c1-9-4-3-5-11(8-9)14-10(2)12(15-16-14)6-7-13(17)18/h3-5,8H,6-7H2,1-2H3,(H,15,16)(H,17,18). The molecule has 0 spiro atoms. The number of aromatic amines is 1. The molecule has 0 bridgehead atoms. The van der Waals surface area contributed by atoms with Crippen LogP contribution in [0.4, 0.5) is 0 Å². The number of hydrogen-bond donors (Lipinski definition) is 2. The number of H-pyrrole nitrogens is 1. The molecular weight excluding hydrogens is 228 g/mol. The van der Waals surface area contributed by atoms with Gasteiger partial charge < -0.3 is 5.11 Å². The molecule has 0 fully saturated rings. The van der Waals surface area contributed by atoms with Crippen LogP contribution in [0.5, 0.6) is 0 Å². The third kappa shape index (κ3) is 2.59. The Labute approximate surface area is 106 Å². The van der Waals surface area contributed by atoms with E-state index in [1.165, 1.54) is 5.56 Å². The molecule has 2 rings (SSSR count). The van der Waals surface area contributed by atoms with Gasteiger partial charge in [-0.1, -0.05) is 23.8 Å². The number of nitrogens with zero attached hydrogens (tertiary/aromatic N) is 1. The Morgan fingerprint density at radius 2 is 2.17 bits per heavy atom. The fraction of sp³-hybridized carbons (Fsp3) is 0.286. The summed E-state index contributed by atoms with van der Waals surface area (Å²) >= 11 is 0. The molecule has 0 amide bonds. The first-order chi connectivity index (χ1) is 8.58. The maximum Gasteiger partial charge on any atom is 0.303 e. The third-order valence-electron chi connectivity index (χ3n) is 2.99. The van der Waals surface area contributed by atoms with Crippen molar-refractivity contribution in [2.45, 2.75) is 26.7 Å². The van der Waals surface area contributed by atoms with Crippen LogP contribution < -0.4 is 0 Å². The molecule has 2 aromatic rings. The van der Waals surface area contributed by atoms with Gasteiger partial charge in [-0.15, -0.1) is 0 Å². The fourth-order valence-electron chi connectivity index (χ4n) is 1.98. The molecule has 2 N–H and O–H groups in total. The highest BCUT2D eigenvalue weighted by Gasteiger charge is 2.11. The molecule has 4 heteroatoms. The molecule has 0 aliphatic carbocycles. The van der Waals surface area contributed by atoms with Crippen LogP contribution >= 0.6 is 0 Å². The maximum atomic E-state index is 10.6. The molecular formula is C14H16N2O2. The van der Waals surface area contributed by atoms with Crippen LogP contribution in [0.2, 0.25) is 0 Å². The summed E-state index contributed by atoms with van der Waals surface area (Å²) < 4.78 is 0. The van der Waals surface area contributed by atoms with E-state index in [2.05, 4.69) is 16.3 Å². The van der Waals surface area contributed by atoms with Gasteiger partial charge in [0, 0.05) is 11.3 Å². The highest BCUT2D eigenvalue weighted by molar-refractivity contribution is 5.68. The van der Waals surface area contributed by atoms with Crippen molar-refractivity contribution in [2.24, 2.45) is 0 Å². The van der Waals surface area contributed by atoms with Crippen molar-refractivity contribution >= 4 is 5.97 Å². The van der Waals surface area contributed by atoms with Gasteiger partial charge in [-0.3, -0.25) is 9.89 Å². The second-order valence-electron chi connectivity index (χ2n) is 4.44. The van der Waals surface area contributed by atoms with E-state index in [0.29, 0.717) is 6.42 Å². The number of carbonyl (C=O) groups is 1. The van der Waals surface area contributed by atoms with Crippen LogP contribution in [0.3, 0.4) is 0 Å². The predicted molar refractivity (Wildman–Crippen MR) is 69.5 cm³/mol. The van der Waals surface area contributed by atoms with Gasteiger partial charge in [0.05, 0.1) is 12.1 Å². The largest absolute Gasteiger partial charge is 0.481 e. The smallest absolute Gasteiger partial charge is 0.303 e. The zero-order valence-electron chi connectivity index (χ0n) is 10.5. The van der Waals surface area contributed by atoms with E-state index < -0.39 is 5.97 Å². The summed E-state index contributed by atoms with van der Waals surface area (Å²) in [5.41, 5.74) is 5.07. The van der Waals surface area contributed by atoms with Crippen molar-refractivity contribution in [3.05, 3.63) is 41.1 Å². The number of rotatable bonds is 4. The normalized spacial score (nSPS) is 10.6. The molecule has 18 heavy (non-hydrogen) atoms. The van der Waals surface area contributed by atoms with E-state index >= 15 is 0 Å². The summed E-state index contributed by atoms with van der Waals surface area (Å²) in [5, 5.41) is 15.9. The SMILES string of the molecule is Cc1cccc(-c2n[nH]c(CCC(=O)O)c2C)c1. The topological polar surface area (TPSA) is 66.0 Å². The first kappa shape index (κ1) is 12.4. The summed E-state index contributed by atoms with van der Waals surface area (Å²) in [7, 11) is 0. The van der Waals surface area contributed by atoms with Crippen LogP contribution in [-0.2, 0) is 11.2 Å². The third-order valence-corrected chi connectivity index (χ3v) is 2.99. The molecule has 1 aromatic heterocycles. The van der Waals surface area contributed by atoms with Crippen LogP contribution in [0.15, 0.2) is 24.3 Å². The highest BCUT2D eigenvalue weighted by Crippen LogP contribution is 2.24. The Morgan fingerprint density at radius 3 is 2.83 bits per heavy atom. The van der Waals surface area contributed by atoms with E-state index in [1.54, 1.807) is 0 Å². The number of carboxylic acid groups (broad SMARTS) is 1. The molecule has 0 saturated heterocycles. The minimum Gasteiger partial charge on any atom is -0.481 e. The molecule has 0 unspecified atom stereocenters. The number of aliphatic carboxylic acids is 1. The van der Waals surface area contributed by atoms with Crippen molar-refractivity contribution < 1.29 is 9.90 Å². The summed E-state index contributed by atoms with van der Waals surface area (Å²) in [4.78, 5) is 10.6. The van der Waals surface area contributed by atoms with Gasteiger partial charge in [-0.25, -0.2) is 0 Å². The Kier molecular flexibility index (Phi) is 3.46. The number of aryl methyl sites for hydroxylation is 2.